The monoisotopic (exact) mass is 251 g/mol. The molecule has 96 valence electrons. The molecule has 0 amide bonds. The van der Waals surface area contributed by atoms with Crippen LogP contribution in [0.15, 0.2) is 36.7 Å². The van der Waals surface area contributed by atoms with Gasteiger partial charge in [-0.25, -0.2) is 0 Å². The summed E-state index contributed by atoms with van der Waals surface area (Å²) in [5, 5.41) is 12.5. The maximum Gasteiger partial charge on any atom is 0.101 e. The number of nitriles is 1. The first-order chi connectivity index (χ1) is 9.13. The summed E-state index contributed by atoms with van der Waals surface area (Å²) in [6.45, 7) is 6.39. The zero-order valence-electron chi connectivity index (χ0n) is 11.4. The van der Waals surface area contributed by atoms with E-state index < -0.39 is 0 Å². The van der Waals surface area contributed by atoms with Crippen molar-refractivity contribution in [1.82, 2.24) is 4.98 Å². The van der Waals surface area contributed by atoms with Gasteiger partial charge in [0.25, 0.3) is 0 Å². The Balaban J connectivity index is 2.47. The Hall–Kier alpha value is -2.34. The van der Waals surface area contributed by atoms with Crippen molar-refractivity contribution in [3.8, 4) is 6.07 Å². The Kier molecular flexibility index (Phi) is 3.82. The first kappa shape index (κ1) is 13.1. The topological polar surface area (TPSA) is 48.7 Å². The highest BCUT2D eigenvalue weighted by molar-refractivity contribution is 5.70. The third-order valence-electron chi connectivity index (χ3n) is 3.13. The normalized spacial score (nSPS) is 10.3. The predicted molar refractivity (Wildman–Crippen MR) is 77.5 cm³/mol. The van der Waals surface area contributed by atoms with Gasteiger partial charge in [0, 0.05) is 11.9 Å². The highest BCUT2D eigenvalue weighted by Gasteiger charge is 2.10. The third kappa shape index (κ3) is 2.74. The number of nitrogens with zero attached hydrogens (tertiary/aromatic N) is 2. The molecule has 0 saturated heterocycles. The van der Waals surface area contributed by atoms with E-state index in [0.29, 0.717) is 11.5 Å². The molecule has 3 heteroatoms. The van der Waals surface area contributed by atoms with Gasteiger partial charge in [0.15, 0.2) is 0 Å². The van der Waals surface area contributed by atoms with Gasteiger partial charge in [-0.05, 0) is 30.0 Å². The second-order valence-electron chi connectivity index (χ2n) is 4.85. The smallest absolute Gasteiger partial charge is 0.101 e. The minimum Gasteiger partial charge on any atom is -0.353 e. The van der Waals surface area contributed by atoms with Crippen LogP contribution in [-0.2, 0) is 0 Å². The molecule has 0 atom stereocenters. The molecule has 0 unspecified atom stereocenters. The fourth-order valence-corrected chi connectivity index (χ4v) is 2.07. The summed E-state index contributed by atoms with van der Waals surface area (Å²) in [7, 11) is 0. The summed E-state index contributed by atoms with van der Waals surface area (Å²) in [4.78, 5) is 4.08. The number of benzene rings is 1. The quantitative estimate of drug-likeness (QED) is 0.892. The molecule has 0 aliphatic carbocycles. The summed E-state index contributed by atoms with van der Waals surface area (Å²) < 4.78 is 0. The summed E-state index contributed by atoms with van der Waals surface area (Å²) in [5.41, 5.74) is 4.84. The van der Waals surface area contributed by atoms with Crippen molar-refractivity contribution in [3.05, 3.63) is 53.3 Å². The molecular formula is C16H17N3. The van der Waals surface area contributed by atoms with Crippen LogP contribution in [0, 0.1) is 18.3 Å². The zero-order chi connectivity index (χ0) is 13.8. The molecule has 0 saturated carbocycles. The molecule has 0 bridgehead atoms. The molecule has 1 aromatic carbocycles. The van der Waals surface area contributed by atoms with Crippen molar-refractivity contribution in [2.24, 2.45) is 0 Å². The summed E-state index contributed by atoms with van der Waals surface area (Å²) >= 11 is 0. The van der Waals surface area contributed by atoms with Crippen LogP contribution in [0.25, 0.3) is 0 Å². The molecule has 0 spiro atoms. The lowest BCUT2D eigenvalue weighted by molar-refractivity contribution is 0.867. The van der Waals surface area contributed by atoms with E-state index in [2.05, 4.69) is 55.3 Å². The second-order valence-corrected chi connectivity index (χ2v) is 4.85. The van der Waals surface area contributed by atoms with Crippen LogP contribution in [-0.4, -0.2) is 4.98 Å². The SMILES string of the molecule is Cc1cccc(C(C)C)c1Nc1cnccc1C#N. The van der Waals surface area contributed by atoms with Crippen LogP contribution in [0.1, 0.15) is 36.5 Å². The minimum absolute atomic E-state index is 0.421. The lowest BCUT2D eigenvalue weighted by Crippen LogP contribution is -2.02. The van der Waals surface area contributed by atoms with E-state index in [1.54, 1.807) is 18.5 Å². The van der Waals surface area contributed by atoms with E-state index in [1.807, 2.05) is 0 Å². The molecular weight excluding hydrogens is 234 g/mol. The lowest BCUT2D eigenvalue weighted by Gasteiger charge is -2.17. The molecule has 2 aromatic rings. The number of rotatable bonds is 3. The zero-order valence-corrected chi connectivity index (χ0v) is 11.4. The van der Waals surface area contributed by atoms with Crippen LogP contribution in [0.5, 0.6) is 0 Å². The van der Waals surface area contributed by atoms with Crippen molar-refractivity contribution in [2.75, 3.05) is 5.32 Å². The van der Waals surface area contributed by atoms with Crippen molar-refractivity contribution in [2.45, 2.75) is 26.7 Å². The van der Waals surface area contributed by atoms with E-state index in [1.165, 1.54) is 11.1 Å². The van der Waals surface area contributed by atoms with Crippen molar-refractivity contribution in [1.29, 1.82) is 5.26 Å². The number of pyridine rings is 1. The standard InChI is InChI=1S/C16H17N3/c1-11(2)14-6-4-5-12(3)16(14)19-15-10-18-8-7-13(15)9-17/h4-8,10-11,19H,1-3H3. The highest BCUT2D eigenvalue weighted by Crippen LogP contribution is 2.30. The average Bonchev–Trinajstić information content (AvgIpc) is 2.41. The predicted octanol–water partition coefficient (Wildman–Crippen LogP) is 4.13. The van der Waals surface area contributed by atoms with E-state index >= 15 is 0 Å². The number of hydrogen-bond acceptors (Lipinski definition) is 3. The van der Waals surface area contributed by atoms with Gasteiger partial charge in [-0.15, -0.1) is 0 Å². The Morgan fingerprint density at radius 2 is 2.05 bits per heavy atom. The molecule has 0 aliphatic heterocycles. The summed E-state index contributed by atoms with van der Waals surface area (Å²) in [5.74, 6) is 0.421. The van der Waals surface area contributed by atoms with Gasteiger partial charge in [0.1, 0.15) is 6.07 Å². The first-order valence-electron chi connectivity index (χ1n) is 6.34. The van der Waals surface area contributed by atoms with Gasteiger partial charge >= 0.3 is 0 Å². The molecule has 0 radical (unpaired) electrons. The minimum atomic E-state index is 0.421. The van der Waals surface area contributed by atoms with Crippen LogP contribution in [0.2, 0.25) is 0 Å². The van der Waals surface area contributed by atoms with Crippen LogP contribution in [0.4, 0.5) is 11.4 Å². The number of para-hydroxylation sites is 1. The van der Waals surface area contributed by atoms with Crippen LogP contribution in [0.3, 0.4) is 0 Å². The van der Waals surface area contributed by atoms with Gasteiger partial charge in [-0.2, -0.15) is 5.26 Å². The second kappa shape index (κ2) is 5.53. The van der Waals surface area contributed by atoms with Crippen LogP contribution >= 0.6 is 0 Å². The van der Waals surface area contributed by atoms with Gasteiger partial charge in [0.2, 0.25) is 0 Å². The maximum absolute atomic E-state index is 9.13. The maximum atomic E-state index is 9.13. The number of nitrogens with one attached hydrogen (secondary N) is 1. The molecule has 0 fully saturated rings. The van der Waals surface area contributed by atoms with Crippen LogP contribution < -0.4 is 5.32 Å². The molecule has 3 nitrogen and oxygen atoms in total. The summed E-state index contributed by atoms with van der Waals surface area (Å²) in [6, 6.07) is 10.1. The Bertz CT molecular complexity index is 624. The van der Waals surface area contributed by atoms with Gasteiger partial charge in [-0.3, -0.25) is 4.98 Å². The lowest BCUT2D eigenvalue weighted by atomic mass is 9.98. The Labute approximate surface area is 113 Å². The number of aryl methyl sites for hydroxylation is 1. The van der Waals surface area contributed by atoms with Gasteiger partial charge < -0.3 is 5.32 Å². The fourth-order valence-electron chi connectivity index (χ4n) is 2.07. The molecule has 0 aliphatic rings. The summed E-state index contributed by atoms with van der Waals surface area (Å²) in [6.07, 6.45) is 3.32. The first-order valence-corrected chi connectivity index (χ1v) is 6.34. The highest BCUT2D eigenvalue weighted by atomic mass is 14.9. The molecule has 1 heterocycles. The van der Waals surface area contributed by atoms with E-state index in [4.69, 9.17) is 5.26 Å². The van der Waals surface area contributed by atoms with Crippen molar-refractivity contribution < 1.29 is 0 Å². The number of anilines is 2. The van der Waals surface area contributed by atoms with E-state index in [9.17, 15) is 0 Å². The number of aromatic nitrogens is 1. The Morgan fingerprint density at radius 3 is 2.74 bits per heavy atom. The fraction of sp³-hybridized carbons (Fsp3) is 0.250. The average molecular weight is 251 g/mol. The van der Waals surface area contributed by atoms with Crippen molar-refractivity contribution >= 4 is 11.4 Å². The van der Waals surface area contributed by atoms with E-state index in [0.717, 1.165) is 11.4 Å². The largest absolute Gasteiger partial charge is 0.353 e. The van der Waals surface area contributed by atoms with Crippen molar-refractivity contribution in [3.63, 3.8) is 0 Å². The number of hydrogen-bond donors (Lipinski definition) is 1. The van der Waals surface area contributed by atoms with E-state index in [-0.39, 0.29) is 0 Å². The molecule has 2 rings (SSSR count). The van der Waals surface area contributed by atoms with Gasteiger partial charge in [-0.1, -0.05) is 32.0 Å². The van der Waals surface area contributed by atoms with Gasteiger partial charge in [0.05, 0.1) is 17.4 Å². The molecule has 1 N–H and O–H groups in total. The molecule has 19 heavy (non-hydrogen) atoms. The third-order valence-corrected chi connectivity index (χ3v) is 3.13. The Morgan fingerprint density at radius 1 is 1.26 bits per heavy atom. The molecule has 1 aromatic heterocycles.